The summed E-state index contributed by atoms with van der Waals surface area (Å²) in [5.41, 5.74) is 0.795. The van der Waals surface area contributed by atoms with Gasteiger partial charge >= 0.3 is 5.97 Å². The number of carboxylic acid groups (broad SMARTS) is 1. The summed E-state index contributed by atoms with van der Waals surface area (Å²) in [5, 5.41) is 9.45. The van der Waals surface area contributed by atoms with Crippen LogP contribution in [0.25, 0.3) is 0 Å². The maximum atomic E-state index is 11.5. The molecule has 0 bridgehead atoms. The second kappa shape index (κ2) is 5.68. The van der Waals surface area contributed by atoms with E-state index < -0.39 is 11.4 Å². The summed E-state index contributed by atoms with van der Waals surface area (Å²) in [5.74, 6) is 0.798. The van der Waals surface area contributed by atoms with Crippen LogP contribution in [0.4, 0.5) is 0 Å². The molecule has 1 saturated heterocycles. The van der Waals surface area contributed by atoms with E-state index in [0.29, 0.717) is 5.92 Å². The van der Waals surface area contributed by atoms with Crippen LogP contribution in [0.5, 0.6) is 5.75 Å². The molecular formula is C17H23NO3. The van der Waals surface area contributed by atoms with Gasteiger partial charge in [0.1, 0.15) is 5.75 Å². The van der Waals surface area contributed by atoms with Gasteiger partial charge in [-0.2, -0.15) is 0 Å². The largest absolute Gasteiger partial charge is 0.493 e. The fourth-order valence-corrected chi connectivity index (χ4v) is 3.57. The topological polar surface area (TPSA) is 49.8 Å². The van der Waals surface area contributed by atoms with E-state index in [1.165, 1.54) is 5.56 Å². The molecule has 0 amide bonds. The minimum absolute atomic E-state index is 0.417. The van der Waals surface area contributed by atoms with Crippen molar-refractivity contribution in [1.29, 1.82) is 0 Å². The lowest BCUT2D eigenvalue weighted by Gasteiger charge is -2.39. The van der Waals surface area contributed by atoms with Gasteiger partial charge in [-0.25, -0.2) is 0 Å². The maximum absolute atomic E-state index is 11.5. The van der Waals surface area contributed by atoms with Crippen molar-refractivity contribution in [1.82, 2.24) is 4.90 Å². The molecule has 2 aliphatic rings. The van der Waals surface area contributed by atoms with E-state index >= 15 is 0 Å². The first-order valence-corrected chi connectivity index (χ1v) is 7.82. The summed E-state index contributed by atoms with van der Waals surface area (Å²) >= 11 is 0. The first-order chi connectivity index (χ1) is 10.1. The number of fused-ring (bicyclic) bond motifs is 1. The molecule has 2 aliphatic heterocycles. The molecule has 0 aliphatic carbocycles. The summed E-state index contributed by atoms with van der Waals surface area (Å²) in [4.78, 5) is 13.9. The van der Waals surface area contributed by atoms with E-state index in [1.54, 1.807) is 0 Å². The SMILES string of the molecule is CCC1(C(=O)O)CCN(CC2COc3ccccc32)CC1. The van der Waals surface area contributed by atoms with Crippen molar-refractivity contribution in [2.75, 3.05) is 26.2 Å². The number of aliphatic carboxylic acids is 1. The lowest BCUT2D eigenvalue weighted by atomic mass is 9.76. The van der Waals surface area contributed by atoms with Gasteiger partial charge in [-0.1, -0.05) is 25.1 Å². The van der Waals surface area contributed by atoms with Crippen LogP contribution < -0.4 is 4.74 Å². The average Bonchev–Trinajstić information content (AvgIpc) is 2.91. The first-order valence-electron chi connectivity index (χ1n) is 7.82. The van der Waals surface area contributed by atoms with Gasteiger partial charge in [0.05, 0.1) is 12.0 Å². The number of carbonyl (C=O) groups is 1. The van der Waals surface area contributed by atoms with E-state index in [9.17, 15) is 9.90 Å². The number of nitrogens with zero attached hydrogens (tertiary/aromatic N) is 1. The zero-order valence-corrected chi connectivity index (χ0v) is 12.5. The fourth-order valence-electron chi connectivity index (χ4n) is 3.57. The van der Waals surface area contributed by atoms with Crippen LogP contribution in [0.2, 0.25) is 0 Å². The Bertz CT molecular complexity index is 521. The third kappa shape index (κ3) is 2.64. The molecule has 1 aromatic carbocycles. The van der Waals surface area contributed by atoms with Crippen molar-refractivity contribution in [2.24, 2.45) is 5.41 Å². The third-order valence-electron chi connectivity index (χ3n) is 5.22. The number of hydrogen-bond acceptors (Lipinski definition) is 3. The van der Waals surface area contributed by atoms with Gasteiger partial charge in [0.2, 0.25) is 0 Å². The number of likely N-dealkylation sites (tertiary alicyclic amines) is 1. The molecule has 1 aromatic rings. The van der Waals surface area contributed by atoms with Gasteiger partial charge < -0.3 is 14.7 Å². The molecule has 0 radical (unpaired) electrons. The molecule has 0 saturated carbocycles. The van der Waals surface area contributed by atoms with Crippen molar-refractivity contribution < 1.29 is 14.6 Å². The van der Waals surface area contributed by atoms with Crippen LogP contribution in [-0.4, -0.2) is 42.2 Å². The maximum Gasteiger partial charge on any atom is 0.309 e. The number of benzene rings is 1. The predicted octanol–water partition coefficient (Wildman–Crippen LogP) is 2.74. The second-order valence-electron chi connectivity index (χ2n) is 6.29. The van der Waals surface area contributed by atoms with Crippen molar-refractivity contribution in [3.63, 3.8) is 0 Å². The van der Waals surface area contributed by atoms with Crippen LogP contribution in [-0.2, 0) is 4.79 Å². The van der Waals surface area contributed by atoms with E-state index in [-0.39, 0.29) is 0 Å². The summed E-state index contributed by atoms with van der Waals surface area (Å²) in [6.45, 7) is 5.45. The Labute approximate surface area is 125 Å². The Morgan fingerprint density at radius 3 is 2.76 bits per heavy atom. The van der Waals surface area contributed by atoms with Crippen LogP contribution in [0.1, 0.15) is 37.7 Å². The molecule has 1 unspecified atom stereocenters. The first kappa shape index (κ1) is 14.4. The lowest BCUT2D eigenvalue weighted by Crippen LogP contribution is -2.45. The monoisotopic (exact) mass is 289 g/mol. The van der Waals surface area contributed by atoms with E-state index in [1.807, 2.05) is 19.1 Å². The van der Waals surface area contributed by atoms with Crippen LogP contribution in [0.15, 0.2) is 24.3 Å². The Kier molecular flexibility index (Phi) is 3.89. The number of piperidine rings is 1. The molecule has 114 valence electrons. The van der Waals surface area contributed by atoms with Crippen molar-refractivity contribution >= 4 is 5.97 Å². The Morgan fingerprint density at radius 1 is 1.38 bits per heavy atom. The Hall–Kier alpha value is -1.55. The zero-order valence-electron chi connectivity index (χ0n) is 12.5. The van der Waals surface area contributed by atoms with Gasteiger partial charge in [0.15, 0.2) is 0 Å². The summed E-state index contributed by atoms with van der Waals surface area (Å²) < 4.78 is 5.73. The quantitative estimate of drug-likeness (QED) is 0.926. The number of para-hydroxylation sites is 1. The molecule has 21 heavy (non-hydrogen) atoms. The van der Waals surface area contributed by atoms with E-state index in [2.05, 4.69) is 17.0 Å². The highest BCUT2D eigenvalue weighted by molar-refractivity contribution is 5.74. The molecule has 1 N–H and O–H groups in total. The van der Waals surface area contributed by atoms with Crippen LogP contribution in [0.3, 0.4) is 0 Å². The minimum atomic E-state index is -0.626. The van der Waals surface area contributed by atoms with Gasteiger partial charge in [0.25, 0.3) is 0 Å². The fraction of sp³-hybridized carbons (Fsp3) is 0.588. The van der Waals surface area contributed by atoms with Gasteiger partial charge in [0, 0.05) is 18.0 Å². The number of hydrogen-bond donors (Lipinski definition) is 1. The molecule has 0 aromatic heterocycles. The summed E-state index contributed by atoms with van der Waals surface area (Å²) in [6.07, 6.45) is 2.24. The normalized spacial score (nSPS) is 24.3. The highest BCUT2D eigenvalue weighted by Crippen LogP contribution is 2.38. The molecule has 1 atom stereocenters. The number of carboxylic acids is 1. The standard InChI is InChI=1S/C17H23NO3/c1-2-17(16(19)20)7-9-18(10-8-17)11-13-12-21-15-6-4-3-5-14(13)15/h3-6,13H,2,7-12H2,1H3,(H,19,20). The molecule has 4 nitrogen and oxygen atoms in total. The summed E-state index contributed by atoms with van der Waals surface area (Å²) in [6, 6.07) is 8.23. The number of ether oxygens (including phenoxy) is 1. The predicted molar refractivity (Wildman–Crippen MR) is 80.7 cm³/mol. The van der Waals surface area contributed by atoms with Gasteiger partial charge in [-0.3, -0.25) is 4.79 Å². The van der Waals surface area contributed by atoms with Crippen LogP contribution in [0, 0.1) is 5.41 Å². The van der Waals surface area contributed by atoms with E-state index in [0.717, 1.165) is 51.3 Å². The average molecular weight is 289 g/mol. The third-order valence-corrected chi connectivity index (χ3v) is 5.22. The highest BCUT2D eigenvalue weighted by Gasteiger charge is 2.40. The molecule has 0 spiro atoms. The smallest absolute Gasteiger partial charge is 0.309 e. The van der Waals surface area contributed by atoms with Crippen molar-refractivity contribution in [2.45, 2.75) is 32.1 Å². The van der Waals surface area contributed by atoms with Crippen molar-refractivity contribution in [3.05, 3.63) is 29.8 Å². The second-order valence-corrected chi connectivity index (χ2v) is 6.29. The molecular weight excluding hydrogens is 266 g/mol. The lowest BCUT2D eigenvalue weighted by molar-refractivity contribution is -0.152. The van der Waals surface area contributed by atoms with E-state index in [4.69, 9.17) is 4.74 Å². The zero-order chi connectivity index (χ0) is 14.9. The molecule has 1 fully saturated rings. The van der Waals surface area contributed by atoms with Crippen LogP contribution >= 0.6 is 0 Å². The number of rotatable bonds is 4. The van der Waals surface area contributed by atoms with Gasteiger partial charge in [-0.15, -0.1) is 0 Å². The molecule has 2 heterocycles. The highest BCUT2D eigenvalue weighted by atomic mass is 16.5. The Balaban J connectivity index is 1.61. The Morgan fingerprint density at radius 2 is 2.10 bits per heavy atom. The minimum Gasteiger partial charge on any atom is -0.493 e. The molecule has 3 rings (SSSR count). The molecule has 4 heteroatoms. The summed E-state index contributed by atoms with van der Waals surface area (Å²) in [7, 11) is 0. The van der Waals surface area contributed by atoms with Crippen molar-refractivity contribution in [3.8, 4) is 5.75 Å². The van der Waals surface area contributed by atoms with Gasteiger partial charge in [-0.05, 0) is 38.4 Å².